The SMILES string of the molecule is Cc1cccc(C)c1NC(=O)CNC(=O)c1ccccc1SCc1ccsc1. The summed E-state index contributed by atoms with van der Waals surface area (Å²) >= 11 is 3.28. The Balaban J connectivity index is 1.59. The summed E-state index contributed by atoms with van der Waals surface area (Å²) in [5.74, 6) is 0.320. The highest BCUT2D eigenvalue weighted by atomic mass is 32.2. The van der Waals surface area contributed by atoms with E-state index in [1.807, 2.05) is 55.6 Å². The van der Waals surface area contributed by atoms with Gasteiger partial charge in [-0.25, -0.2) is 0 Å². The molecule has 0 bridgehead atoms. The van der Waals surface area contributed by atoms with E-state index in [0.29, 0.717) is 5.56 Å². The molecule has 2 amide bonds. The van der Waals surface area contributed by atoms with Gasteiger partial charge in [-0.3, -0.25) is 9.59 Å². The molecule has 1 aromatic heterocycles. The van der Waals surface area contributed by atoms with Crippen LogP contribution in [0.2, 0.25) is 0 Å². The molecule has 0 spiro atoms. The first-order chi connectivity index (χ1) is 13.5. The standard InChI is InChI=1S/C22H22N2O2S2/c1-15-6-5-7-16(2)21(15)24-20(25)12-23-22(26)18-8-3-4-9-19(18)28-14-17-10-11-27-13-17/h3-11,13H,12,14H2,1-2H3,(H,23,26)(H,24,25). The first-order valence-corrected chi connectivity index (χ1v) is 10.8. The van der Waals surface area contributed by atoms with Crippen molar-refractivity contribution in [2.75, 3.05) is 11.9 Å². The maximum absolute atomic E-state index is 12.6. The number of thiophene rings is 1. The smallest absolute Gasteiger partial charge is 0.252 e. The summed E-state index contributed by atoms with van der Waals surface area (Å²) in [5, 5.41) is 9.76. The van der Waals surface area contributed by atoms with Gasteiger partial charge in [-0.05, 0) is 59.5 Å². The lowest BCUT2D eigenvalue weighted by Gasteiger charge is -2.13. The average Bonchev–Trinajstić information content (AvgIpc) is 3.21. The summed E-state index contributed by atoms with van der Waals surface area (Å²) in [7, 11) is 0. The van der Waals surface area contributed by atoms with Gasteiger partial charge in [-0.2, -0.15) is 11.3 Å². The number of nitrogens with one attached hydrogen (secondary N) is 2. The molecule has 0 aliphatic carbocycles. The van der Waals surface area contributed by atoms with Crippen LogP contribution in [0, 0.1) is 13.8 Å². The van der Waals surface area contributed by atoms with E-state index in [-0.39, 0.29) is 18.4 Å². The fourth-order valence-corrected chi connectivity index (χ4v) is 4.53. The molecule has 0 atom stereocenters. The molecule has 0 radical (unpaired) electrons. The number of hydrogen-bond donors (Lipinski definition) is 2. The topological polar surface area (TPSA) is 58.2 Å². The highest BCUT2D eigenvalue weighted by Crippen LogP contribution is 2.27. The van der Waals surface area contributed by atoms with Crippen LogP contribution >= 0.6 is 23.1 Å². The third kappa shape index (κ3) is 5.24. The average molecular weight is 411 g/mol. The molecule has 2 aromatic carbocycles. The molecule has 3 rings (SSSR count). The third-order valence-electron chi connectivity index (χ3n) is 4.26. The minimum Gasteiger partial charge on any atom is -0.343 e. The lowest BCUT2D eigenvalue weighted by atomic mass is 10.1. The Labute approximate surface area is 173 Å². The van der Waals surface area contributed by atoms with E-state index >= 15 is 0 Å². The predicted octanol–water partition coefficient (Wildman–Crippen LogP) is 5.03. The number of carbonyl (C=O) groups is 2. The molecular weight excluding hydrogens is 388 g/mol. The molecule has 0 aliphatic heterocycles. The number of thioether (sulfide) groups is 1. The van der Waals surface area contributed by atoms with E-state index in [2.05, 4.69) is 22.1 Å². The Hall–Kier alpha value is -2.57. The Morgan fingerprint density at radius 3 is 2.46 bits per heavy atom. The number of anilines is 1. The minimum absolute atomic E-state index is 0.0733. The summed E-state index contributed by atoms with van der Waals surface area (Å²) in [5.41, 5.74) is 4.61. The maximum Gasteiger partial charge on any atom is 0.252 e. The lowest BCUT2D eigenvalue weighted by Crippen LogP contribution is -2.33. The zero-order valence-electron chi connectivity index (χ0n) is 15.8. The van der Waals surface area contributed by atoms with Gasteiger partial charge < -0.3 is 10.6 Å². The second-order valence-corrected chi connectivity index (χ2v) is 8.21. The van der Waals surface area contributed by atoms with E-state index in [0.717, 1.165) is 27.5 Å². The van der Waals surface area contributed by atoms with Crippen molar-refractivity contribution in [1.29, 1.82) is 0 Å². The number of benzene rings is 2. The molecule has 144 valence electrons. The van der Waals surface area contributed by atoms with Crippen LogP contribution < -0.4 is 10.6 Å². The van der Waals surface area contributed by atoms with Gasteiger partial charge in [0.1, 0.15) is 0 Å². The number of carbonyl (C=O) groups excluding carboxylic acids is 2. The molecule has 0 saturated carbocycles. The van der Waals surface area contributed by atoms with E-state index in [1.54, 1.807) is 29.2 Å². The van der Waals surface area contributed by atoms with Crippen molar-refractivity contribution in [3.8, 4) is 0 Å². The molecule has 0 saturated heterocycles. The van der Waals surface area contributed by atoms with Crippen LogP contribution in [0.5, 0.6) is 0 Å². The van der Waals surface area contributed by atoms with Crippen molar-refractivity contribution in [1.82, 2.24) is 5.32 Å². The molecule has 6 heteroatoms. The molecule has 4 nitrogen and oxygen atoms in total. The highest BCUT2D eigenvalue weighted by Gasteiger charge is 2.14. The van der Waals surface area contributed by atoms with Crippen molar-refractivity contribution in [3.05, 3.63) is 81.5 Å². The Bertz CT molecular complexity index is 948. The van der Waals surface area contributed by atoms with Crippen LogP contribution in [0.25, 0.3) is 0 Å². The third-order valence-corrected chi connectivity index (χ3v) is 6.14. The Kier molecular flexibility index (Phi) is 6.90. The van der Waals surface area contributed by atoms with Gasteiger partial charge in [-0.15, -0.1) is 11.8 Å². The normalized spacial score (nSPS) is 10.5. The Morgan fingerprint density at radius 2 is 1.75 bits per heavy atom. The summed E-state index contributed by atoms with van der Waals surface area (Å²) < 4.78 is 0. The number of amides is 2. The van der Waals surface area contributed by atoms with Crippen molar-refractivity contribution in [3.63, 3.8) is 0 Å². The van der Waals surface area contributed by atoms with Gasteiger partial charge in [0.05, 0.1) is 12.1 Å². The van der Waals surface area contributed by atoms with Crippen molar-refractivity contribution >= 4 is 40.6 Å². The van der Waals surface area contributed by atoms with Crippen molar-refractivity contribution < 1.29 is 9.59 Å². The highest BCUT2D eigenvalue weighted by molar-refractivity contribution is 7.98. The largest absolute Gasteiger partial charge is 0.343 e. The zero-order valence-corrected chi connectivity index (χ0v) is 17.5. The summed E-state index contributed by atoms with van der Waals surface area (Å²) in [6, 6.07) is 15.4. The monoisotopic (exact) mass is 410 g/mol. The second-order valence-electron chi connectivity index (χ2n) is 6.41. The second kappa shape index (κ2) is 9.57. The molecule has 1 heterocycles. The lowest BCUT2D eigenvalue weighted by molar-refractivity contribution is -0.115. The predicted molar refractivity (Wildman–Crippen MR) is 117 cm³/mol. The van der Waals surface area contributed by atoms with Crippen molar-refractivity contribution in [2.24, 2.45) is 0 Å². The van der Waals surface area contributed by atoms with Crippen LogP contribution in [-0.4, -0.2) is 18.4 Å². The van der Waals surface area contributed by atoms with Crippen LogP contribution in [0.3, 0.4) is 0 Å². The maximum atomic E-state index is 12.6. The quantitative estimate of drug-likeness (QED) is 0.537. The molecule has 0 aliphatic rings. The summed E-state index contributed by atoms with van der Waals surface area (Å²) in [6.45, 7) is 3.82. The molecule has 0 unspecified atom stereocenters. The van der Waals surface area contributed by atoms with Gasteiger partial charge >= 0.3 is 0 Å². The molecule has 0 fully saturated rings. The number of hydrogen-bond acceptors (Lipinski definition) is 4. The van der Waals surface area contributed by atoms with E-state index in [9.17, 15) is 9.59 Å². The molecule has 28 heavy (non-hydrogen) atoms. The fourth-order valence-electron chi connectivity index (χ4n) is 2.77. The Morgan fingerprint density at radius 1 is 1.00 bits per heavy atom. The van der Waals surface area contributed by atoms with Crippen molar-refractivity contribution in [2.45, 2.75) is 24.5 Å². The van der Waals surface area contributed by atoms with E-state index < -0.39 is 0 Å². The number of rotatable bonds is 7. The van der Waals surface area contributed by atoms with Gasteiger partial charge in [0.2, 0.25) is 5.91 Å². The number of para-hydroxylation sites is 1. The van der Waals surface area contributed by atoms with Crippen LogP contribution in [0.1, 0.15) is 27.0 Å². The zero-order chi connectivity index (χ0) is 19.9. The first kappa shape index (κ1) is 20.2. The molecule has 2 N–H and O–H groups in total. The van der Waals surface area contributed by atoms with Crippen LogP contribution in [-0.2, 0) is 10.5 Å². The molecule has 3 aromatic rings. The van der Waals surface area contributed by atoms with Gasteiger partial charge in [0, 0.05) is 16.3 Å². The minimum atomic E-state index is -0.245. The summed E-state index contributed by atoms with van der Waals surface area (Å²) in [4.78, 5) is 25.8. The van der Waals surface area contributed by atoms with E-state index in [4.69, 9.17) is 0 Å². The van der Waals surface area contributed by atoms with Gasteiger partial charge in [0.15, 0.2) is 0 Å². The number of aryl methyl sites for hydroxylation is 2. The van der Waals surface area contributed by atoms with Gasteiger partial charge in [0.25, 0.3) is 5.91 Å². The van der Waals surface area contributed by atoms with Crippen LogP contribution in [0.15, 0.2) is 64.2 Å². The molecular formula is C22H22N2O2S2. The van der Waals surface area contributed by atoms with Gasteiger partial charge in [-0.1, -0.05) is 30.3 Å². The summed E-state index contributed by atoms with van der Waals surface area (Å²) in [6.07, 6.45) is 0. The van der Waals surface area contributed by atoms with E-state index in [1.165, 1.54) is 5.56 Å². The fraction of sp³-hybridized carbons (Fsp3) is 0.182. The first-order valence-electron chi connectivity index (χ1n) is 8.92. The van der Waals surface area contributed by atoms with Crippen LogP contribution in [0.4, 0.5) is 5.69 Å².